The minimum Gasteiger partial charge on any atom is -0.480 e. The third kappa shape index (κ3) is 23.8. The molecule has 0 heterocycles. The largest absolute Gasteiger partial charge is 0.480 e. The third-order valence-electron chi connectivity index (χ3n) is 2.17. The zero-order valence-electron chi connectivity index (χ0n) is 14.6. The van der Waals surface area contributed by atoms with Gasteiger partial charge in [-0.3, -0.25) is 29.0 Å². The van der Waals surface area contributed by atoms with Crippen LogP contribution in [0, 0.1) is 0 Å². The van der Waals surface area contributed by atoms with Crippen molar-refractivity contribution in [2.75, 3.05) is 39.3 Å². The molecule has 118 valence electrons. The maximum atomic E-state index is 10.6. The fraction of sp³-hybridized carbons (Fsp3) is 0.600. The van der Waals surface area contributed by atoms with E-state index in [1.54, 1.807) is 0 Å². The van der Waals surface area contributed by atoms with Gasteiger partial charge in [0.05, 0.1) is 26.2 Å². The van der Waals surface area contributed by atoms with Gasteiger partial charge in [0, 0.05) is 131 Å². The summed E-state index contributed by atoms with van der Waals surface area (Å²) >= 11 is 0. The standard InChI is InChI=1S/C10H16N2O8.4Na/c13-7(14)3-11(4-8(15)16)1-2-12(5-9(17)18)6-10(19)20;;;;/h1-6H2,(H,13,14)(H,15,16)(H,17,18)(H,19,20);;;;/i3+2,4+2,5+2,6+2,7+2,8+2,9+2,10+2;;;;. The Balaban J connectivity index is -0.000000301. The summed E-state index contributed by atoms with van der Waals surface area (Å²) in [5, 5.41) is 34.5. The molecule has 0 bridgehead atoms. The van der Waals surface area contributed by atoms with Crippen molar-refractivity contribution < 1.29 is 39.6 Å². The van der Waals surface area contributed by atoms with Crippen LogP contribution in [0.25, 0.3) is 0 Å². The Morgan fingerprint density at radius 3 is 0.833 bits per heavy atom. The maximum Gasteiger partial charge on any atom is 0.317 e. The predicted molar refractivity (Wildman–Crippen MR) is 86.4 cm³/mol. The summed E-state index contributed by atoms with van der Waals surface area (Å²) in [6, 6.07) is 0. The van der Waals surface area contributed by atoms with E-state index in [-0.39, 0.29) is 131 Å². The van der Waals surface area contributed by atoms with Gasteiger partial charge < -0.3 is 20.4 Å². The van der Waals surface area contributed by atoms with E-state index in [0.717, 1.165) is 9.80 Å². The molecule has 14 heteroatoms. The van der Waals surface area contributed by atoms with Crippen LogP contribution in [0.4, 0.5) is 0 Å². The number of nitrogens with zero attached hydrogens (tertiary/aromatic N) is 2. The Morgan fingerprint density at radius 1 is 0.542 bits per heavy atom. The van der Waals surface area contributed by atoms with Crippen LogP contribution in [0.15, 0.2) is 0 Å². The number of hydrogen-bond acceptors (Lipinski definition) is 6. The molecule has 4 N–H and O–H groups in total. The molecule has 0 aromatic carbocycles. The minimum absolute atomic E-state index is 0. The molecule has 0 unspecified atom stereocenters. The molecule has 4 radical (unpaired) electrons. The molecular formula is C10H16N2Na4O8. The first kappa shape index (κ1) is 36.7. The summed E-state index contributed by atoms with van der Waals surface area (Å²) in [6.45, 7) is -2.25. The van der Waals surface area contributed by atoms with Crippen LogP contribution in [0.5, 0.6) is 0 Å². The van der Waals surface area contributed by atoms with Gasteiger partial charge in [-0.15, -0.1) is 0 Å². The first-order valence-electron chi connectivity index (χ1n) is 5.52. The SMILES string of the molecule is O=[14C](O)[14CH2]N(CCN([14CH2][14C](=O)O)[14CH2][14C](=O)O)[14CH2][14C](=O)O.[Na].[Na].[Na].[Na]. The van der Waals surface area contributed by atoms with E-state index >= 15 is 0 Å². The molecule has 0 aliphatic carbocycles. The molecule has 0 aliphatic heterocycles. The topological polar surface area (TPSA) is 156 Å². The van der Waals surface area contributed by atoms with Crippen molar-refractivity contribution in [3.63, 3.8) is 0 Å². The molecule has 0 fully saturated rings. The molecule has 0 atom stereocenters. The Bertz CT molecular complexity index is 331. The van der Waals surface area contributed by atoms with Crippen molar-refractivity contribution in [2.24, 2.45) is 0 Å². The van der Waals surface area contributed by atoms with Crippen LogP contribution in [0.2, 0.25) is 0 Å². The number of carboxylic acid groups (broad SMARTS) is 4. The Morgan fingerprint density at radius 2 is 0.708 bits per heavy atom. The monoisotopic (exact) mass is 400 g/mol. The molecular weight excluding hydrogens is 384 g/mol. The Labute approximate surface area is 227 Å². The second-order valence-corrected chi connectivity index (χ2v) is 4.00. The second kappa shape index (κ2) is 21.1. The summed E-state index contributed by atoms with van der Waals surface area (Å²) in [5.41, 5.74) is 0. The summed E-state index contributed by atoms with van der Waals surface area (Å²) in [6.07, 6.45) is 0. The van der Waals surface area contributed by atoms with E-state index in [9.17, 15) is 19.2 Å². The maximum absolute atomic E-state index is 10.6. The molecule has 10 nitrogen and oxygen atoms in total. The smallest absolute Gasteiger partial charge is 0.317 e. The van der Waals surface area contributed by atoms with Gasteiger partial charge in [-0.05, 0) is 0 Å². The summed E-state index contributed by atoms with van der Waals surface area (Å²) in [7, 11) is 0. The number of carbonyl (C=O) groups is 4. The zero-order chi connectivity index (χ0) is 15.7. The van der Waals surface area contributed by atoms with E-state index in [1.807, 2.05) is 0 Å². The van der Waals surface area contributed by atoms with E-state index in [2.05, 4.69) is 0 Å². The summed E-state index contributed by atoms with van der Waals surface area (Å²) in [4.78, 5) is 44.4. The van der Waals surface area contributed by atoms with Crippen molar-refractivity contribution >= 4 is 142 Å². The molecule has 0 amide bonds. The van der Waals surface area contributed by atoms with Crippen LogP contribution in [0.1, 0.15) is 0 Å². The van der Waals surface area contributed by atoms with Gasteiger partial charge in [-0.25, -0.2) is 0 Å². The Kier molecular flexibility index (Phi) is 32.3. The fourth-order valence-electron chi connectivity index (χ4n) is 1.48. The Hall–Kier alpha value is 1.80. The first-order valence-corrected chi connectivity index (χ1v) is 5.52. The molecule has 0 saturated carbocycles. The van der Waals surface area contributed by atoms with Crippen molar-refractivity contribution in [3.8, 4) is 0 Å². The normalized spacial score (nSPS) is 8.92. The van der Waals surface area contributed by atoms with E-state index in [0.29, 0.717) is 0 Å². The molecule has 0 aliphatic rings. The number of hydrogen-bond donors (Lipinski definition) is 4. The predicted octanol–water partition coefficient (Wildman–Crippen LogP) is -3.59. The van der Waals surface area contributed by atoms with Gasteiger partial charge in [-0.1, -0.05) is 0 Å². The molecule has 0 aromatic rings. The van der Waals surface area contributed by atoms with Crippen LogP contribution in [-0.4, -0.2) is 212 Å². The van der Waals surface area contributed by atoms with Crippen molar-refractivity contribution in [3.05, 3.63) is 0 Å². The first-order chi connectivity index (χ1) is 9.20. The van der Waals surface area contributed by atoms with Gasteiger partial charge in [-0.2, -0.15) is 0 Å². The summed E-state index contributed by atoms with van der Waals surface area (Å²) < 4.78 is 0. The number of carboxylic acids is 4. The van der Waals surface area contributed by atoms with E-state index in [4.69, 9.17) is 20.4 Å². The molecule has 0 aromatic heterocycles. The number of aliphatic carboxylic acids is 4. The van der Waals surface area contributed by atoms with E-state index < -0.39 is 50.1 Å². The third-order valence-corrected chi connectivity index (χ3v) is 2.17. The quantitative estimate of drug-likeness (QED) is 0.256. The molecule has 24 heavy (non-hydrogen) atoms. The molecule has 0 rings (SSSR count). The second-order valence-electron chi connectivity index (χ2n) is 4.00. The van der Waals surface area contributed by atoms with Gasteiger partial charge in [0.1, 0.15) is 0 Å². The van der Waals surface area contributed by atoms with Gasteiger partial charge in [0.25, 0.3) is 0 Å². The summed E-state index contributed by atoms with van der Waals surface area (Å²) in [5.74, 6) is -4.91. The van der Waals surface area contributed by atoms with Crippen LogP contribution in [-0.2, 0) is 19.2 Å². The molecule has 0 saturated heterocycles. The van der Waals surface area contributed by atoms with Crippen LogP contribution < -0.4 is 0 Å². The van der Waals surface area contributed by atoms with Crippen molar-refractivity contribution in [1.29, 1.82) is 0 Å². The van der Waals surface area contributed by atoms with E-state index in [1.165, 1.54) is 0 Å². The molecule has 0 spiro atoms. The van der Waals surface area contributed by atoms with Crippen molar-refractivity contribution in [2.45, 2.75) is 0 Å². The van der Waals surface area contributed by atoms with Crippen LogP contribution >= 0.6 is 0 Å². The van der Waals surface area contributed by atoms with Gasteiger partial charge >= 0.3 is 23.9 Å². The minimum atomic E-state index is -1.23. The van der Waals surface area contributed by atoms with Gasteiger partial charge in [0.2, 0.25) is 0 Å². The number of rotatable bonds is 11. The van der Waals surface area contributed by atoms with Crippen LogP contribution in [0.3, 0.4) is 0 Å². The average Bonchev–Trinajstić information content (AvgIpc) is 2.22. The van der Waals surface area contributed by atoms with Crippen molar-refractivity contribution in [1.82, 2.24) is 9.80 Å². The average molecular weight is 400 g/mol. The van der Waals surface area contributed by atoms with Gasteiger partial charge in [0.15, 0.2) is 0 Å². The fourth-order valence-corrected chi connectivity index (χ4v) is 1.48. The zero-order valence-corrected chi connectivity index (χ0v) is 22.6.